The predicted molar refractivity (Wildman–Crippen MR) is 66.8 cm³/mol. The van der Waals surface area contributed by atoms with Gasteiger partial charge in [0.15, 0.2) is 11.8 Å². The lowest BCUT2D eigenvalue weighted by Crippen LogP contribution is -2.46. The minimum absolute atomic E-state index is 0.462. The van der Waals surface area contributed by atoms with Crippen molar-refractivity contribution in [3.05, 3.63) is 35.9 Å². The normalized spacial score (nSPS) is 13.9. The van der Waals surface area contributed by atoms with E-state index < -0.39 is 0 Å². The Morgan fingerprint density at radius 3 is 2.13 bits per heavy atom. The maximum Gasteiger partial charge on any atom is 0.165 e. The van der Waals surface area contributed by atoms with Gasteiger partial charge in [0.2, 0.25) is 0 Å². The molecule has 0 fully saturated rings. The van der Waals surface area contributed by atoms with E-state index in [1.165, 1.54) is 5.56 Å². The standard InChI is InChI=1S/C13H21ClN/c1-4-15(14,5-2)12(3)11-13-9-7-6-8-10-13/h6-10,12H,4-5,11H2,1-3H3/q+1. The molecule has 0 heterocycles. The molecule has 0 aliphatic rings. The maximum absolute atomic E-state index is 6.55. The van der Waals surface area contributed by atoms with E-state index in [-0.39, 0.29) is 0 Å². The highest BCUT2D eigenvalue weighted by Crippen LogP contribution is 2.20. The molecule has 0 saturated carbocycles. The lowest BCUT2D eigenvalue weighted by molar-refractivity contribution is -0.836. The third-order valence-electron chi connectivity index (χ3n) is 3.22. The lowest BCUT2D eigenvalue weighted by Gasteiger charge is -2.33. The molecule has 0 bridgehead atoms. The SMILES string of the molecule is CC[N+](Cl)(CC)C(C)Cc1ccccc1. The van der Waals surface area contributed by atoms with E-state index in [0.29, 0.717) is 10.0 Å². The Labute approximate surface area is 98.4 Å². The van der Waals surface area contributed by atoms with Gasteiger partial charge in [-0.15, -0.1) is 0 Å². The van der Waals surface area contributed by atoms with Gasteiger partial charge in [-0.3, -0.25) is 0 Å². The molecule has 0 aliphatic carbocycles. The number of rotatable bonds is 5. The van der Waals surface area contributed by atoms with Crippen LogP contribution in [-0.2, 0) is 6.42 Å². The second-order valence-electron chi connectivity index (χ2n) is 4.10. The zero-order chi connectivity index (χ0) is 11.3. The molecule has 1 unspecified atom stereocenters. The minimum atomic E-state index is 0.462. The summed E-state index contributed by atoms with van der Waals surface area (Å²) in [5.74, 6) is 0. The number of hydrogen-bond acceptors (Lipinski definition) is 0. The fourth-order valence-electron chi connectivity index (χ4n) is 1.97. The molecule has 0 saturated heterocycles. The Bertz CT molecular complexity index is 280. The van der Waals surface area contributed by atoms with Crippen molar-refractivity contribution < 1.29 is 4.00 Å². The zero-order valence-electron chi connectivity index (χ0n) is 9.91. The van der Waals surface area contributed by atoms with E-state index in [1.807, 2.05) is 0 Å². The highest BCUT2D eigenvalue weighted by atomic mass is 35.5. The summed E-state index contributed by atoms with van der Waals surface area (Å²) in [6, 6.07) is 11.0. The van der Waals surface area contributed by atoms with Crippen LogP contribution in [0.5, 0.6) is 0 Å². The van der Waals surface area contributed by atoms with E-state index in [0.717, 1.165) is 19.5 Å². The average molecular weight is 227 g/mol. The highest BCUT2D eigenvalue weighted by Gasteiger charge is 2.29. The summed E-state index contributed by atoms with van der Waals surface area (Å²) >= 11 is 6.55. The van der Waals surface area contributed by atoms with E-state index in [4.69, 9.17) is 11.8 Å². The first kappa shape index (κ1) is 12.5. The summed E-state index contributed by atoms with van der Waals surface area (Å²) in [7, 11) is 0. The number of likely N-dealkylation sites (N-methyl/N-ethyl adjacent to an activating group) is 1. The molecule has 15 heavy (non-hydrogen) atoms. The molecule has 0 spiro atoms. The second-order valence-corrected chi connectivity index (χ2v) is 4.77. The molecule has 1 aromatic carbocycles. The van der Waals surface area contributed by atoms with Crippen LogP contribution >= 0.6 is 11.8 Å². The molecule has 1 atom stereocenters. The fraction of sp³-hybridized carbons (Fsp3) is 0.538. The third-order valence-corrected chi connectivity index (χ3v) is 4.03. The molecule has 84 valence electrons. The van der Waals surface area contributed by atoms with Gasteiger partial charge in [-0.25, -0.2) is 4.00 Å². The van der Waals surface area contributed by atoms with Crippen LogP contribution in [0, 0.1) is 0 Å². The Kier molecular flexibility index (Phi) is 4.62. The summed E-state index contributed by atoms with van der Waals surface area (Å²) < 4.78 is 0.634. The van der Waals surface area contributed by atoms with E-state index in [1.54, 1.807) is 0 Å². The maximum atomic E-state index is 6.55. The fourth-order valence-corrected chi connectivity index (χ4v) is 2.03. The number of benzene rings is 1. The van der Waals surface area contributed by atoms with E-state index >= 15 is 0 Å². The Morgan fingerprint density at radius 1 is 1.13 bits per heavy atom. The van der Waals surface area contributed by atoms with Crippen molar-refractivity contribution in [1.82, 2.24) is 0 Å². The first-order valence-electron chi connectivity index (χ1n) is 5.72. The summed E-state index contributed by atoms with van der Waals surface area (Å²) in [4.78, 5) is 0. The van der Waals surface area contributed by atoms with Crippen molar-refractivity contribution >= 4 is 11.8 Å². The third kappa shape index (κ3) is 3.22. The quantitative estimate of drug-likeness (QED) is 0.673. The van der Waals surface area contributed by atoms with Crippen LogP contribution in [0.4, 0.5) is 0 Å². The first-order chi connectivity index (χ1) is 7.12. The van der Waals surface area contributed by atoms with Gasteiger partial charge >= 0.3 is 0 Å². The molecule has 2 heteroatoms. The van der Waals surface area contributed by atoms with Crippen LogP contribution in [0.3, 0.4) is 0 Å². The van der Waals surface area contributed by atoms with Gasteiger partial charge in [0.25, 0.3) is 0 Å². The van der Waals surface area contributed by atoms with E-state index in [9.17, 15) is 0 Å². The topological polar surface area (TPSA) is 0 Å². The molecule has 0 radical (unpaired) electrons. The smallest absolute Gasteiger partial charge is 0.165 e. The first-order valence-corrected chi connectivity index (χ1v) is 6.06. The highest BCUT2D eigenvalue weighted by molar-refractivity contribution is 6.06. The number of quaternary nitrogens is 1. The van der Waals surface area contributed by atoms with Crippen molar-refractivity contribution in [2.24, 2.45) is 0 Å². The molecule has 1 aromatic rings. The van der Waals surface area contributed by atoms with Crippen molar-refractivity contribution in [3.8, 4) is 0 Å². The summed E-state index contributed by atoms with van der Waals surface area (Å²) in [6.07, 6.45) is 1.05. The van der Waals surface area contributed by atoms with Crippen LogP contribution in [0.2, 0.25) is 0 Å². The van der Waals surface area contributed by atoms with Crippen LogP contribution in [0.25, 0.3) is 0 Å². The Balaban J connectivity index is 2.66. The van der Waals surface area contributed by atoms with Gasteiger partial charge in [0.05, 0.1) is 13.1 Å². The zero-order valence-corrected chi connectivity index (χ0v) is 10.7. The van der Waals surface area contributed by atoms with Crippen LogP contribution in [-0.4, -0.2) is 23.1 Å². The molecule has 1 nitrogen and oxygen atoms in total. The van der Waals surface area contributed by atoms with Gasteiger partial charge < -0.3 is 0 Å². The van der Waals surface area contributed by atoms with Crippen molar-refractivity contribution in [2.45, 2.75) is 33.2 Å². The number of halogens is 1. The number of hydrogen-bond donors (Lipinski definition) is 0. The molecule has 0 aliphatic heterocycles. The van der Waals surface area contributed by atoms with Gasteiger partial charge in [-0.2, -0.15) is 0 Å². The monoisotopic (exact) mass is 226 g/mol. The van der Waals surface area contributed by atoms with E-state index in [2.05, 4.69) is 51.1 Å². The largest absolute Gasteiger partial charge is 0.220 e. The Hall–Kier alpha value is -0.530. The van der Waals surface area contributed by atoms with Gasteiger partial charge in [0.1, 0.15) is 6.04 Å². The number of nitrogens with zero attached hydrogens (tertiary/aromatic N) is 1. The van der Waals surface area contributed by atoms with Crippen molar-refractivity contribution in [3.63, 3.8) is 0 Å². The van der Waals surface area contributed by atoms with Crippen LogP contribution < -0.4 is 0 Å². The Morgan fingerprint density at radius 2 is 1.67 bits per heavy atom. The molecule has 0 amide bonds. The minimum Gasteiger partial charge on any atom is -0.220 e. The second kappa shape index (κ2) is 5.53. The summed E-state index contributed by atoms with van der Waals surface area (Å²) in [5, 5.41) is 0. The molecule has 1 rings (SSSR count). The van der Waals surface area contributed by atoms with Gasteiger partial charge in [0, 0.05) is 6.42 Å². The van der Waals surface area contributed by atoms with Crippen LogP contribution in [0.1, 0.15) is 26.3 Å². The molecular weight excluding hydrogens is 206 g/mol. The molecule has 0 aromatic heterocycles. The van der Waals surface area contributed by atoms with Gasteiger partial charge in [-0.05, 0) is 26.3 Å². The van der Waals surface area contributed by atoms with Crippen LogP contribution in [0.15, 0.2) is 30.3 Å². The van der Waals surface area contributed by atoms with Crippen molar-refractivity contribution in [1.29, 1.82) is 0 Å². The predicted octanol–water partition coefficient (Wildman–Crippen LogP) is 3.63. The lowest BCUT2D eigenvalue weighted by atomic mass is 10.1. The molecule has 0 N–H and O–H groups in total. The molecular formula is C13H21ClN+. The van der Waals surface area contributed by atoms with Gasteiger partial charge in [-0.1, -0.05) is 30.3 Å². The van der Waals surface area contributed by atoms with Crippen molar-refractivity contribution in [2.75, 3.05) is 13.1 Å². The average Bonchev–Trinajstić information content (AvgIpc) is 2.29. The summed E-state index contributed by atoms with van der Waals surface area (Å²) in [6.45, 7) is 8.49. The summed E-state index contributed by atoms with van der Waals surface area (Å²) in [5.41, 5.74) is 1.37.